The predicted octanol–water partition coefficient (Wildman–Crippen LogP) is 3.81. The van der Waals surface area contributed by atoms with E-state index in [1.54, 1.807) is 6.20 Å². The molecule has 1 aromatic heterocycles. The minimum absolute atomic E-state index is 0.566. The Morgan fingerprint density at radius 1 is 1.36 bits per heavy atom. The van der Waals surface area contributed by atoms with Crippen molar-refractivity contribution in [1.82, 2.24) is 4.98 Å². The van der Waals surface area contributed by atoms with Crippen LogP contribution in [0.3, 0.4) is 0 Å². The summed E-state index contributed by atoms with van der Waals surface area (Å²) in [5.41, 5.74) is 6.58. The largest absolute Gasteiger partial charge is 0.375 e. The van der Waals surface area contributed by atoms with Gasteiger partial charge < -0.3 is 5.73 Å². The van der Waals surface area contributed by atoms with Gasteiger partial charge in [0.15, 0.2) is 5.13 Å². The van der Waals surface area contributed by atoms with Crippen LogP contribution in [-0.4, -0.2) is 4.98 Å². The summed E-state index contributed by atoms with van der Waals surface area (Å²) in [6, 6.07) is 5.72. The number of hydrogen-bond donors (Lipinski definition) is 1. The molecule has 1 heterocycles. The van der Waals surface area contributed by atoms with Crippen LogP contribution < -0.4 is 5.73 Å². The SMILES string of the molecule is Nc1ncc(-c2cc(Cl)cc(Br)c2)s1. The van der Waals surface area contributed by atoms with Gasteiger partial charge in [-0.25, -0.2) is 4.98 Å². The van der Waals surface area contributed by atoms with E-state index in [-0.39, 0.29) is 0 Å². The molecular formula is C9H6BrClN2S. The molecule has 0 unspecified atom stereocenters. The van der Waals surface area contributed by atoms with Crippen molar-refractivity contribution in [3.8, 4) is 10.4 Å². The molecule has 0 fully saturated rings. The average molecular weight is 290 g/mol. The molecule has 0 aliphatic carbocycles. The summed E-state index contributed by atoms with van der Waals surface area (Å²) in [6.07, 6.45) is 1.75. The Balaban J connectivity index is 2.51. The van der Waals surface area contributed by atoms with Crippen molar-refractivity contribution in [2.45, 2.75) is 0 Å². The quantitative estimate of drug-likeness (QED) is 0.867. The van der Waals surface area contributed by atoms with Gasteiger partial charge in [0.2, 0.25) is 0 Å². The molecule has 72 valence electrons. The maximum atomic E-state index is 5.93. The van der Waals surface area contributed by atoms with E-state index in [1.807, 2.05) is 18.2 Å². The van der Waals surface area contributed by atoms with Crippen LogP contribution in [0.1, 0.15) is 0 Å². The van der Waals surface area contributed by atoms with Crippen molar-refractivity contribution in [1.29, 1.82) is 0 Å². The lowest BCUT2D eigenvalue weighted by Crippen LogP contribution is -1.77. The number of hydrogen-bond acceptors (Lipinski definition) is 3. The first-order valence-electron chi connectivity index (χ1n) is 3.83. The number of anilines is 1. The molecule has 0 bridgehead atoms. The minimum atomic E-state index is 0.566. The summed E-state index contributed by atoms with van der Waals surface area (Å²) in [6.45, 7) is 0. The molecule has 0 saturated heterocycles. The van der Waals surface area contributed by atoms with Gasteiger partial charge in [0.1, 0.15) is 0 Å². The topological polar surface area (TPSA) is 38.9 Å². The highest BCUT2D eigenvalue weighted by Crippen LogP contribution is 2.31. The number of thiazole rings is 1. The molecule has 0 aliphatic heterocycles. The van der Waals surface area contributed by atoms with Crippen LogP contribution in [0.5, 0.6) is 0 Å². The van der Waals surface area contributed by atoms with E-state index in [4.69, 9.17) is 17.3 Å². The second kappa shape index (κ2) is 3.88. The lowest BCUT2D eigenvalue weighted by atomic mass is 10.2. The van der Waals surface area contributed by atoms with Gasteiger partial charge in [-0.1, -0.05) is 38.9 Å². The van der Waals surface area contributed by atoms with E-state index < -0.39 is 0 Å². The molecule has 1 aromatic carbocycles. The van der Waals surface area contributed by atoms with Crippen molar-refractivity contribution >= 4 is 44.0 Å². The molecule has 0 aliphatic rings. The third kappa shape index (κ3) is 2.08. The molecule has 2 aromatic rings. The molecule has 0 amide bonds. The Bertz CT molecular complexity index is 449. The summed E-state index contributed by atoms with van der Waals surface area (Å²) in [5, 5.41) is 1.26. The zero-order valence-electron chi connectivity index (χ0n) is 7.00. The summed E-state index contributed by atoms with van der Waals surface area (Å²) in [5.74, 6) is 0. The predicted molar refractivity (Wildman–Crippen MR) is 64.7 cm³/mol. The van der Waals surface area contributed by atoms with Crippen molar-refractivity contribution < 1.29 is 0 Å². The molecule has 0 spiro atoms. The van der Waals surface area contributed by atoms with Gasteiger partial charge in [0, 0.05) is 15.7 Å². The van der Waals surface area contributed by atoms with Gasteiger partial charge in [-0.15, -0.1) is 0 Å². The lowest BCUT2D eigenvalue weighted by molar-refractivity contribution is 1.42. The van der Waals surface area contributed by atoms with Gasteiger partial charge in [0.25, 0.3) is 0 Å². The molecule has 0 radical (unpaired) electrons. The number of benzene rings is 1. The average Bonchev–Trinajstić information content (AvgIpc) is 2.50. The number of halogens is 2. The van der Waals surface area contributed by atoms with Gasteiger partial charge in [-0.3, -0.25) is 0 Å². The van der Waals surface area contributed by atoms with Crippen LogP contribution in [0.4, 0.5) is 5.13 Å². The molecule has 0 atom stereocenters. The first kappa shape index (κ1) is 9.96. The standard InChI is InChI=1S/C9H6BrClN2S/c10-6-1-5(2-7(11)3-6)8-4-13-9(12)14-8/h1-4H,(H2,12,13). The zero-order valence-corrected chi connectivity index (χ0v) is 10.2. The fourth-order valence-electron chi connectivity index (χ4n) is 1.12. The van der Waals surface area contributed by atoms with E-state index >= 15 is 0 Å². The maximum Gasteiger partial charge on any atom is 0.180 e. The molecular weight excluding hydrogens is 284 g/mol. The van der Waals surface area contributed by atoms with Gasteiger partial charge in [-0.2, -0.15) is 0 Å². The van der Waals surface area contributed by atoms with Crippen LogP contribution in [0.25, 0.3) is 10.4 Å². The summed E-state index contributed by atoms with van der Waals surface area (Å²) < 4.78 is 0.951. The van der Waals surface area contributed by atoms with Gasteiger partial charge in [-0.05, 0) is 23.8 Å². The first-order chi connectivity index (χ1) is 6.65. The van der Waals surface area contributed by atoms with E-state index in [9.17, 15) is 0 Å². The third-order valence-electron chi connectivity index (χ3n) is 1.67. The highest BCUT2D eigenvalue weighted by molar-refractivity contribution is 9.10. The zero-order chi connectivity index (χ0) is 10.1. The van der Waals surface area contributed by atoms with Crippen molar-refractivity contribution in [2.24, 2.45) is 0 Å². The van der Waals surface area contributed by atoms with Crippen LogP contribution >= 0.6 is 38.9 Å². The van der Waals surface area contributed by atoms with E-state index in [0.717, 1.165) is 14.9 Å². The second-order valence-electron chi connectivity index (χ2n) is 2.72. The highest BCUT2D eigenvalue weighted by atomic mass is 79.9. The Morgan fingerprint density at radius 2 is 2.14 bits per heavy atom. The smallest absolute Gasteiger partial charge is 0.180 e. The summed E-state index contributed by atoms with van der Waals surface area (Å²) in [7, 11) is 0. The number of nitrogens with zero attached hydrogens (tertiary/aromatic N) is 1. The van der Waals surface area contributed by atoms with Crippen LogP contribution in [0.15, 0.2) is 28.9 Å². The fraction of sp³-hybridized carbons (Fsp3) is 0. The van der Waals surface area contributed by atoms with E-state index in [1.165, 1.54) is 11.3 Å². The van der Waals surface area contributed by atoms with Crippen LogP contribution in [-0.2, 0) is 0 Å². The number of nitrogen functional groups attached to an aromatic ring is 1. The molecule has 2 nitrogen and oxygen atoms in total. The van der Waals surface area contributed by atoms with E-state index in [0.29, 0.717) is 10.2 Å². The molecule has 14 heavy (non-hydrogen) atoms. The maximum absolute atomic E-state index is 5.93. The van der Waals surface area contributed by atoms with Crippen molar-refractivity contribution in [2.75, 3.05) is 5.73 Å². The third-order valence-corrected chi connectivity index (χ3v) is 3.22. The van der Waals surface area contributed by atoms with Crippen LogP contribution in [0, 0.1) is 0 Å². The monoisotopic (exact) mass is 288 g/mol. The Kier molecular flexibility index (Phi) is 2.76. The van der Waals surface area contributed by atoms with Gasteiger partial charge in [0.05, 0.1) is 4.88 Å². The molecule has 5 heteroatoms. The minimum Gasteiger partial charge on any atom is -0.375 e. The second-order valence-corrected chi connectivity index (χ2v) is 5.14. The van der Waals surface area contributed by atoms with Crippen molar-refractivity contribution in [3.05, 3.63) is 33.9 Å². The Labute approximate surface area is 98.9 Å². The lowest BCUT2D eigenvalue weighted by Gasteiger charge is -1.98. The summed E-state index contributed by atoms with van der Waals surface area (Å²) in [4.78, 5) is 5.01. The number of aromatic nitrogens is 1. The molecule has 2 rings (SSSR count). The first-order valence-corrected chi connectivity index (χ1v) is 5.81. The van der Waals surface area contributed by atoms with Crippen LogP contribution in [0.2, 0.25) is 5.02 Å². The Morgan fingerprint density at radius 3 is 2.71 bits per heavy atom. The fourth-order valence-corrected chi connectivity index (χ4v) is 2.65. The summed E-state index contributed by atoms with van der Waals surface area (Å²) >= 11 is 10.8. The number of rotatable bonds is 1. The molecule has 2 N–H and O–H groups in total. The molecule has 0 saturated carbocycles. The van der Waals surface area contributed by atoms with E-state index in [2.05, 4.69) is 20.9 Å². The normalized spacial score (nSPS) is 10.4. The number of nitrogens with two attached hydrogens (primary N) is 1. The Hall–Kier alpha value is -0.580. The highest BCUT2D eigenvalue weighted by Gasteiger charge is 2.04. The van der Waals surface area contributed by atoms with Gasteiger partial charge >= 0.3 is 0 Å². The van der Waals surface area contributed by atoms with Crippen molar-refractivity contribution in [3.63, 3.8) is 0 Å².